The standard InChI is InChI=1S/C16H26F2O3Si/c1-11(2)19-22(20-12(3)4,21-13(5)6)10-14-7-15(17)9-16(18)8-14/h7-9,11-13H,10H2,1-6H3. The van der Waals surface area contributed by atoms with Gasteiger partial charge in [-0.05, 0) is 59.2 Å². The van der Waals surface area contributed by atoms with Crippen LogP contribution in [-0.4, -0.2) is 27.1 Å². The first-order valence-electron chi connectivity index (χ1n) is 7.60. The maximum atomic E-state index is 13.4. The Labute approximate surface area is 133 Å². The molecule has 6 heteroatoms. The summed E-state index contributed by atoms with van der Waals surface area (Å²) in [5, 5.41) is 0. The lowest BCUT2D eigenvalue weighted by Crippen LogP contribution is -2.53. The molecule has 1 rings (SSSR count). The summed E-state index contributed by atoms with van der Waals surface area (Å²) in [5.41, 5.74) is 0.478. The average Bonchev–Trinajstić information content (AvgIpc) is 2.22. The fourth-order valence-corrected chi connectivity index (χ4v) is 5.52. The Morgan fingerprint density at radius 3 is 1.45 bits per heavy atom. The molecule has 0 aliphatic rings. The number of benzene rings is 1. The molecule has 0 spiro atoms. The first-order chi connectivity index (χ1) is 10.1. The molecule has 0 N–H and O–H groups in total. The van der Waals surface area contributed by atoms with Crippen LogP contribution in [0.15, 0.2) is 18.2 Å². The average molecular weight is 332 g/mol. The molecule has 126 valence electrons. The monoisotopic (exact) mass is 332 g/mol. The smallest absolute Gasteiger partial charge is 0.371 e. The minimum absolute atomic E-state index is 0.109. The fraction of sp³-hybridized carbons (Fsp3) is 0.625. The van der Waals surface area contributed by atoms with Gasteiger partial charge in [0.15, 0.2) is 0 Å². The molecule has 0 aromatic heterocycles. The van der Waals surface area contributed by atoms with Crippen LogP contribution in [0.2, 0.25) is 0 Å². The van der Waals surface area contributed by atoms with E-state index in [0.717, 1.165) is 6.07 Å². The van der Waals surface area contributed by atoms with Crippen LogP contribution in [0, 0.1) is 11.6 Å². The van der Waals surface area contributed by atoms with Crippen LogP contribution >= 0.6 is 0 Å². The number of hydrogen-bond acceptors (Lipinski definition) is 3. The van der Waals surface area contributed by atoms with Gasteiger partial charge in [0, 0.05) is 30.4 Å². The molecule has 3 nitrogen and oxygen atoms in total. The Hall–Kier alpha value is -0.823. The van der Waals surface area contributed by atoms with E-state index < -0.39 is 20.4 Å². The van der Waals surface area contributed by atoms with E-state index in [9.17, 15) is 8.78 Å². The van der Waals surface area contributed by atoms with Gasteiger partial charge in [0.1, 0.15) is 11.6 Å². The van der Waals surface area contributed by atoms with Crippen LogP contribution in [0.1, 0.15) is 47.1 Å². The topological polar surface area (TPSA) is 27.7 Å². The maximum Gasteiger partial charge on any atom is 0.506 e. The second-order valence-electron chi connectivity index (χ2n) is 6.14. The van der Waals surface area contributed by atoms with Gasteiger partial charge in [-0.2, -0.15) is 0 Å². The molecule has 22 heavy (non-hydrogen) atoms. The van der Waals surface area contributed by atoms with Gasteiger partial charge in [0.25, 0.3) is 0 Å². The van der Waals surface area contributed by atoms with E-state index in [-0.39, 0.29) is 24.4 Å². The molecule has 0 heterocycles. The summed E-state index contributed by atoms with van der Waals surface area (Å²) in [6.45, 7) is 11.3. The molecule has 0 radical (unpaired) electrons. The van der Waals surface area contributed by atoms with Crippen molar-refractivity contribution in [1.29, 1.82) is 0 Å². The highest BCUT2D eigenvalue weighted by atomic mass is 28.4. The second-order valence-corrected chi connectivity index (χ2v) is 8.56. The lowest BCUT2D eigenvalue weighted by molar-refractivity contribution is 0.00235. The zero-order valence-corrected chi connectivity index (χ0v) is 15.2. The van der Waals surface area contributed by atoms with Gasteiger partial charge in [-0.3, -0.25) is 0 Å². The lowest BCUT2D eigenvalue weighted by Gasteiger charge is -2.34. The third kappa shape index (κ3) is 6.52. The zero-order valence-electron chi connectivity index (χ0n) is 14.2. The normalized spacial score (nSPS) is 12.7. The highest BCUT2D eigenvalue weighted by Crippen LogP contribution is 2.23. The summed E-state index contributed by atoms with van der Waals surface area (Å²) in [6.07, 6.45) is -0.326. The molecule has 0 aliphatic carbocycles. The third-order valence-corrected chi connectivity index (χ3v) is 5.92. The first-order valence-corrected chi connectivity index (χ1v) is 9.53. The molecule has 0 saturated heterocycles. The van der Waals surface area contributed by atoms with Crippen LogP contribution in [0.4, 0.5) is 8.78 Å². The Bertz CT molecular complexity index is 432. The van der Waals surface area contributed by atoms with Crippen molar-refractivity contribution in [3.8, 4) is 0 Å². The Morgan fingerprint density at radius 1 is 0.773 bits per heavy atom. The maximum absolute atomic E-state index is 13.4. The van der Waals surface area contributed by atoms with E-state index in [1.165, 1.54) is 12.1 Å². The summed E-state index contributed by atoms with van der Waals surface area (Å²) in [4.78, 5) is 0. The Morgan fingerprint density at radius 2 is 1.14 bits per heavy atom. The summed E-state index contributed by atoms with van der Waals surface area (Å²) in [6, 6.07) is 3.67. The van der Waals surface area contributed by atoms with E-state index in [4.69, 9.17) is 13.3 Å². The predicted molar refractivity (Wildman–Crippen MR) is 84.5 cm³/mol. The van der Waals surface area contributed by atoms with Gasteiger partial charge in [0.05, 0.1) is 0 Å². The van der Waals surface area contributed by atoms with E-state index in [2.05, 4.69) is 0 Å². The first kappa shape index (κ1) is 19.2. The van der Waals surface area contributed by atoms with Gasteiger partial charge in [-0.15, -0.1) is 0 Å². The number of rotatable bonds is 8. The molecule has 0 unspecified atom stereocenters. The molecule has 0 fully saturated rings. The van der Waals surface area contributed by atoms with Gasteiger partial charge in [-0.25, -0.2) is 8.78 Å². The molecule has 0 atom stereocenters. The molecular formula is C16H26F2O3Si. The minimum atomic E-state index is -3.10. The molecule has 0 saturated carbocycles. The molecule has 0 aliphatic heterocycles. The van der Waals surface area contributed by atoms with Gasteiger partial charge < -0.3 is 13.3 Å². The molecule has 1 aromatic rings. The third-order valence-electron chi connectivity index (χ3n) is 2.59. The van der Waals surface area contributed by atoms with E-state index in [0.29, 0.717) is 5.56 Å². The predicted octanol–water partition coefficient (Wildman–Crippen LogP) is 4.26. The van der Waals surface area contributed by atoms with Crippen molar-refractivity contribution in [2.24, 2.45) is 0 Å². The van der Waals surface area contributed by atoms with E-state index in [1.807, 2.05) is 41.5 Å². The molecular weight excluding hydrogens is 306 g/mol. The number of hydrogen-bond donors (Lipinski definition) is 0. The molecule has 0 bridgehead atoms. The van der Waals surface area contributed by atoms with E-state index in [1.54, 1.807) is 0 Å². The van der Waals surface area contributed by atoms with Crippen LogP contribution in [-0.2, 0) is 19.3 Å². The fourth-order valence-electron chi connectivity index (χ4n) is 2.25. The summed E-state index contributed by atoms with van der Waals surface area (Å²) in [7, 11) is -3.10. The van der Waals surface area contributed by atoms with Crippen molar-refractivity contribution >= 4 is 8.80 Å². The van der Waals surface area contributed by atoms with E-state index >= 15 is 0 Å². The van der Waals surface area contributed by atoms with Gasteiger partial charge in [-0.1, -0.05) is 0 Å². The quantitative estimate of drug-likeness (QED) is 0.666. The second kappa shape index (κ2) is 8.15. The van der Waals surface area contributed by atoms with Crippen LogP contribution in [0.3, 0.4) is 0 Å². The van der Waals surface area contributed by atoms with Crippen molar-refractivity contribution < 1.29 is 22.1 Å². The van der Waals surface area contributed by atoms with Crippen molar-refractivity contribution in [1.82, 2.24) is 0 Å². The lowest BCUT2D eigenvalue weighted by atomic mass is 10.2. The highest BCUT2D eigenvalue weighted by molar-refractivity contribution is 6.60. The van der Waals surface area contributed by atoms with Gasteiger partial charge in [0.2, 0.25) is 0 Å². The van der Waals surface area contributed by atoms with Crippen molar-refractivity contribution in [3.63, 3.8) is 0 Å². The molecule has 1 aromatic carbocycles. The van der Waals surface area contributed by atoms with Crippen molar-refractivity contribution in [2.45, 2.75) is 65.9 Å². The SMILES string of the molecule is CC(C)O[Si](Cc1cc(F)cc(F)c1)(OC(C)C)OC(C)C. The zero-order chi connectivity index (χ0) is 16.9. The highest BCUT2D eigenvalue weighted by Gasteiger charge is 2.44. The summed E-state index contributed by atoms with van der Waals surface area (Å²) in [5.74, 6) is -1.23. The summed E-state index contributed by atoms with van der Waals surface area (Å²) >= 11 is 0. The molecule has 0 amide bonds. The Balaban J connectivity index is 3.14. The largest absolute Gasteiger partial charge is 0.506 e. The minimum Gasteiger partial charge on any atom is -0.371 e. The number of halogens is 2. The van der Waals surface area contributed by atoms with Crippen LogP contribution in [0.25, 0.3) is 0 Å². The van der Waals surface area contributed by atoms with Crippen molar-refractivity contribution in [2.75, 3.05) is 0 Å². The summed E-state index contributed by atoms with van der Waals surface area (Å²) < 4.78 is 44.9. The van der Waals surface area contributed by atoms with Gasteiger partial charge >= 0.3 is 8.80 Å². The van der Waals surface area contributed by atoms with Crippen LogP contribution < -0.4 is 0 Å². The Kier molecular flexibility index (Phi) is 7.12. The van der Waals surface area contributed by atoms with Crippen molar-refractivity contribution in [3.05, 3.63) is 35.4 Å². The van der Waals surface area contributed by atoms with Crippen LogP contribution in [0.5, 0.6) is 0 Å².